The number of rotatable bonds is 40. The average Bonchev–Trinajstić information content (AvgIpc) is 1.74. The molecule has 0 bridgehead atoms. The summed E-state index contributed by atoms with van der Waals surface area (Å²) < 4.78 is 0. The van der Waals surface area contributed by atoms with Crippen molar-refractivity contribution in [2.75, 3.05) is 32.7 Å². The van der Waals surface area contributed by atoms with Gasteiger partial charge in [0.25, 0.3) is 0 Å². The van der Waals surface area contributed by atoms with Crippen molar-refractivity contribution in [1.29, 1.82) is 5.41 Å². The Hall–Kier alpha value is -11.8. The normalized spacial score (nSPS) is 16.9. The van der Waals surface area contributed by atoms with E-state index >= 15 is 0 Å². The molecule has 1 aromatic heterocycles. The number of aliphatic carboxylic acids is 2. The topological polar surface area (TPSA) is 659 Å². The van der Waals surface area contributed by atoms with Crippen molar-refractivity contribution in [3.63, 3.8) is 0 Å². The van der Waals surface area contributed by atoms with Gasteiger partial charge in [-0.1, -0.05) is 48.5 Å². The van der Waals surface area contributed by atoms with Crippen LogP contribution in [-0.2, 0) is 94.3 Å². The van der Waals surface area contributed by atoms with Crippen molar-refractivity contribution in [3.05, 3.63) is 71.9 Å². The van der Waals surface area contributed by atoms with E-state index in [0.717, 1.165) is 16.7 Å². The third kappa shape index (κ3) is 25.4. The number of carboxylic acids is 2. The first-order valence-electron chi connectivity index (χ1n) is 32.6. The number of fused-ring (bicyclic) bond motifs is 1. The summed E-state index contributed by atoms with van der Waals surface area (Å²) in [5.41, 5.74) is 28.6. The van der Waals surface area contributed by atoms with Crippen LogP contribution in [0, 0.1) is 5.41 Å². The minimum Gasteiger partial charge on any atom is -0.481 e. The lowest BCUT2D eigenvalue weighted by molar-refractivity contribution is -0.145. The molecule has 560 valence electrons. The molecular weight excluding hydrogens is 1360 g/mol. The SMILES string of the molecule is C[C@H](NC(=O)[C@H](CC(N)=O)NC(=O)CN)C(=O)N[C@@H](CCCNC(=N)N)C(=O)N1CCC[C@H]1C(=O)N[C@@H](CC(N)=O)C(=O)N[C@@H](CC(N)=O)C(=O)N1CCC[C@H]1C(=O)N[C@@H](CC(=O)O)C(=O)N[C@@H](Cc1c[nH]c2ccccc12)C(=O)NCC(=O)N[C@H](C(=O)N[C@@H](Cc1ccccc1)C(=O)O)[C@@H](C)O. The van der Waals surface area contributed by atoms with Crippen LogP contribution in [0.5, 0.6) is 0 Å². The molecule has 2 fully saturated rings. The van der Waals surface area contributed by atoms with Gasteiger partial charge in [-0.25, -0.2) is 4.79 Å². The molecule has 40 heteroatoms. The highest BCUT2D eigenvalue weighted by Crippen LogP contribution is 2.24. The van der Waals surface area contributed by atoms with Crippen molar-refractivity contribution in [1.82, 2.24) is 73.3 Å². The van der Waals surface area contributed by atoms with Crippen LogP contribution in [-0.4, -0.2) is 242 Å². The number of carboxylic acid groups (broad SMARTS) is 2. The molecule has 2 aliphatic heterocycles. The number of nitrogens with zero attached hydrogens (tertiary/aromatic N) is 2. The number of primary amides is 3. The standard InChI is InChI=1S/C63H88N20O20/c1-30(73-54(94)38(23-45(65)85)74-48(88)27-64)52(92)75-36(15-8-18-70-63(68)69)60(100)82-19-9-16-43(82)57(97)77-39(24-46(66)86)55(95)79-41(25-47(67)87)61(101)83-20-10-17-44(83)58(98)78-40(26-50(90)91)56(96)76-37(22-33-28-71-35-14-7-6-13-34(33)35)53(93)72-29-49(89)81-51(31(2)84)59(99)80-42(62(102)103)21-32-11-4-3-5-12-32/h3-7,11-14,28,30-31,36-44,51,71,84H,8-10,15-27,29,64H2,1-2H3,(H2,65,85)(H2,66,86)(H2,67,87)(H,72,93)(H,73,94)(H,74,88)(H,75,92)(H,76,96)(H,77,97)(H,78,98)(H,79,95)(H,80,99)(H,81,89)(H,90,91)(H,102,103)(H4,68,69,70)/t30-,31+,36-,37-,38-,39-,40-,41-,42-,43-,44-,51-/m0/s1. The zero-order valence-electron chi connectivity index (χ0n) is 56.3. The van der Waals surface area contributed by atoms with E-state index in [4.69, 9.17) is 34.1 Å². The number of aromatic amines is 1. The van der Waals surface area contributed by atoms with Crippen molar-refractivity contribution < 1.29 is 96.8 Å². The Morgan fingerprint density at radius 3 is 1.59 bits per heavy atom. The van der Waals surface area contributed by atoms with Crippen molar-refractivity contribution in [2.45, 2.75) is 163 Å². The minimum atomic E-state index is -2.01. The molecule has 0 aliphatic carbocycles. The maximum atomic E-state index is 14.5. The van der Waals surface area contributed by atoms with Crippen LogP contribution in [0.25, 0.3) is 10.9 Å². The second-order valence-corrected chi connectivity index (χ2v) is 24.5. The third-order valence-electron chi connectivity index (χ3n) is 16.5. The molecule has 2 aliphatic rings. The Morgan fingerprint density at radius 2 is 1.05 bits per heavy atom. The number of carbonyl (C=O) groups is 17. The molecule has 40 nitrogen and oxygen atoms in total. The number of hydrogen-bond donors (Lipinski definition) is 21. The van der Waals surface area contributed by atoms with Gasteiger partial charge in [0, 0.05) is 49.6 Å². The Kier molecular flexibility index (Phi) is 31.2. The summed E-state index contributed by atoms with van der Waals surface area (Å²) in [5, 5.41) is 64.3. The summed E-state index contributed by atoms with van der Waals surface area (Å²) in [6.07, 6.45) is -4.34. The van der Waals surface area contributed by atoms with Crippen LogP contribution < -0.4 is 87.2 Å². The van der Waals surface area contributed by atoms with Gasteiger partial charge in [0.1, 0.15) is 66.5 Å². The van der Waals surface area contributed by atoms with E-state index in [0.29, 0.717) is 22.0 Å². The van der Waals surface area contributed by atoms with Crippen LogP contribution in [0.1, 0.15) is 89.2 Å². The highest BCUT2D eigenvalue weighted by atomic mass is 16.4. The predicted molar refractivity (Wildman–Crippen MR) is 359 cm³/mol. The molecule has 15 amide bonds. The lowest BCUT2D eigenvalue weighted by Gasteiger charge is -2.31. The maximum absolute atomic E-state index is 14.5. The van der Waals surface area contributed by atoms with Crippen molar-refractivity contribution in [3.8, 4) is 0 Å². The second kappa shape index (κ2) is 39.2. The largest absolute Gasteiger partial charge is 0.481 e. The minimum absolute atomic E-state index is 0.0208. The fraction of sp³-hybridized carbons (Fsp3) is 0.492. The Balaban J connectivity index is 1.30. The van der Waals surface area contributed by atoms with Gasteiger partial charge in [0.2, 0.25) is 88.6 Å². The molecule has 26 N–H and O–H groups in total. The molecule has 3 heterocycles. The number of benzene rings is 2. The van der Waals surface area contributed by atoms with Gasteiger partial charge in [-0.3, -0.25) is 82.1 Å². The third-order valence-corrected chi connectivity index (χ3v) is 16.5. The Labute approximate surface area is 587 Å². The monoisotopic (exact) mass is 1440 g/mol. The van der Waals surface area contributed by atoms with Gasteiger partial charge in [-0.05, 0) is 69.6 Å². The number of aromatic nitrogens is 1. The summed E-state index contributed by atoms with van der Waals surface area (Å²) in [6, 6.07) is -3.13. The van der Waals surface area contributed by atoms with Crippen LogP contribution >= 0.6 is 0 Å². The Bertz CT molecular complexity index is 3670. The quantitative estimate of drug-likeness (QED) is 0.0143. The fourth-order valence-corrected chi connectivity index (χ4v) is 11.4. The number of nitrogens with one attached hydrogen (secondary N) is 13. The first-order valence-corrected chi connectivity index (χ1v) is 32.6. The number of aliphatic hydroxyl groups is 1. The summed E-state index contributed by atoms with van der Waals surface area (Å²) >= 11 is 0. The van der Waals surface area contributed by atoms with Gasteiger partial charge in [0.05, 0.1) is 44.9 Å². The van der Waals surface area contributed by atoms with E-state index in [-0.39, 0.29) is 71.0 Å². The van der Waals surface area contributed by atoms with E-state index in [1.165, 1.54) is 13.1 Å². The number of aliphatic hydroxyl groups excluding tert-OH is 1. The van der Waals surface area contributed by atoms with E-state index in [1.54, 1.807) is 54.6 Å². The molecule has 2 aromatic carbocycles. The molecule has 12 atom stereocenters. The molecule has 0 radical (unpaired) electrons. The van der Waals surface area contributed by atoms with Gasteiger partial charge >= 0.3 is 11.9 Å². The van der Waals surface area contributed by atoms with E-state index in [2.05, 4.69) is 63.5 Å². The van der Waals surface area contributed by atoms with Crippen LogP contribution in [0.4, 0.5) is 0 Å². The van der Waals surface area contributed by atoms with Gasteiger partial charge in [-0.2, -0.15) is 0 Å². The highest BCUT2D eigenvalue weighted by Gasteiger charge is 2.43. The zero-order chi connectivity index (χ0) is 76.4. The molecular formula is C63H88N20O20. The Morgan fingerprint density at radius 1 is 0.544 bits per heavy atom. The second-order valence-electron chi connectivity index (χ2n) is 24.5. The van der Waals surface area contributed by atoms with Crippen LogP contribution in [0.3, 0.4) is 0 Å². The lowest BCUT2D eigenvalue weighted by atomic mass is 10.0. The van der Waals surface area contributed by atoms with Crippen molar-refractivity contribution in [2.24, 2.45) is 28.7 Å². The number of hydrogen-bond acceptors (Lipinski definition) is 20. The van der Waals surface area contributed by atoms with Gasteiger partial charge in [-0.15, -0.1) is 0 Å². The first-order chi connectivity index (χ1) is 48.7. The summed E-state index contributed by atoms with van der Waals surface area (Å²) in [7, 11) is 0. The smallest absolute Gasteiger partial charge is 0.326 e. The van der Waals surface area contributed by atoms with Crippen LogP contribution in [0.15, 0.2) is 60.8 Å². The molecule has 0 saturated carbocycles. The predicted octanol–water partition coefficient (Wildman–Crippen LogP) is -8.78. The van der Waals surface area contributed by atoms with Crippen LogP contribution in [0.2, 0.25) is 0 Å². The van der Waals surface area contributed by atoms with Crippen molar-refractivity contribution >= 4 is 117 Å². The number of guanidine groups is 1. The number of nitrogens with two attached hydrogens (primary N) is 5. The number of para-hydroxylation sites is 1. The molecule has 0 unspecified atom stereocenters. The maximum Gasteiger partial charge on any atom is 0.326 e. The number of amides is 15. The van der Waals surface area contributed by atoms with Gasteiger partial charge < -0.3 is 117 Å². The summed E-state index contributed by atoms with van der Waals surface area (Å²) in [5.74, 6) is -19.6. The zero-order valence-corrected chi connectivity index (χ0v) is 56.3. The number of likely N-dealkylation sites (tertiary alicyclic amines) is 2. The first kappa shape index (κ1) is 81.8. The van der Waals surface area contributed by atoms with E-state index < -0.39 is 218 Å². The van der Waals surface area contributed by atoms with E-state index in [1.807, 2.05) is 0 Å². The molecule has 2 saturated heterocycles. The number of carbonyl (C=O) groups excluding carboxylic acids is 15. The lowest BCUT2D eigenvalue weighted by Crippen LogP contribution is -2.61. The number of H-pyrrole nitrogens is 1. The van der Waals surface area contributed by atoms with E-state index in [9.17, 15) is 96.8 Å². The molecule has 3 aromatic rings. The fourth-order valence-electron chi connectivity index (χ4n) is 11.4. The summed E-state index contributed by atoms with van der Waals surface area (Å²) in [4.78, 5) is 232. The summed E-state index contributed by atoms with van der Waals surface area (Å²) in [6.45, 7) is 0.556. The molecule has 0 spiro atoms. The average molecular weight is 1450 g/mol. The molecule has 103 heavy (non-hydrogen) atoms. The molecule has 5 rings (SSSR count). The van der Waals surface area contributed by atoms with Gasteiger partial charge in [0.15, 0.2) is 5.96 Å². The highest BCUT2D eigenvalue weighted by molar-refractivity contribution is 6.02.